The molecular formula is C14H13ClO2S. The van der Waals surface area contributed by atoms with E-state index >= 15 is 0 Å². The summed E-state index contributed by atoms with van der Waals surface area (Å²) in [7, 11) is 0. The van der Waals surface area contributed by atoms with Crippen molar-refractivity contribution < 1.29 is 9.53 Å². The van der Waals surface area contributed by atoms with E-state index in [1.165, 1.54) is 16.9 Å². The SMILES string of the molecule is O=Cc1cc(C2OCCC3=CC=C(Cl)CC32)cs1. The Labute approximate surface area is 115 Å². The van der Waals surface area contributed by atoms with E-state index in [0.29, 0.717) is 5.92 Å². The van der Waals surface area contributed by atoms with Crippen LogP contribution in [0, 0.1) is 5.92 Å². The minimum atomic E-state index is 0.0393. The highest BCUT2D eigenvalue weighted by molar-refractivity contribution is 7.11. The molecule has 94 valence electrons. The number of ether oxygens (including phenoxy) is 1. The summed E-state index contributed by atoms with van der Waals surface area (Å²) in [5, 5.41) is 2.90. The fourth-order valence-electron chi connectivity index (χ4n) is 2.63. The van der Waals surface area contributed by atoms with Crippen LogP contribution in [0.1, 0.15) is 34.2 Å². The lowest BCUT2D eigenvalue weighted by Crippen LogP contribution is -2.26. The summed E-state index contributed by atoms with van der Waals surface area (Å²) in [5.74, 6) is 0.324. The van der Waals surface area contributed by atoms with Crippen LogP contribution >= 0.6 is 22.9 Å². The summed E-state index contributed by atoms with van der Waals surface area (Å²) < 4.78 is 5.90. The molecule has 2 unspecified atom stereocenters. The fourth-order valence-corrected chi connectivity index (χ4v) is 3.59. The van der Waals surface area contributed by atoms with Gasteiger partial charge in [0.05, 0.1) is 17.6 Å². The molecule has 1 aromatic rings. The lowest BCUT2D eigenvalue weighted by Gasteiger charge is -2.35. The van der Waals surface area contributed by atoms with Gasteiger partial charge < -0.3 is 4.74 Å². The maximum atomic E-state index is 10.8. The lowest BCUT2D eigenvalue weighted by atomic mass is 9.81. The van der Waals surface area contributed by atoms with E-state index < -0.39 is 0 Å². The highest BCUT2D eigenvalue weighted by atomic mass is 35.5. The highest BCUT2D eigenvalue weighted by Gasteiger charge is 2.33. The normalized spacial score (nSPS) is 27.2. The van der Waals surface area contributed by atoms with E-state index in [9.17, 15) is 4.79 Å². The van der Waals surface area contributed by atoms with Crippen molar-refractivity contribution in [3.05, 3.63) is 44.6 Å². The quantitative estimate of drug-likeness (QED) is 0.763. The molecule has 1 aliphatic carbocycles. The zero-order valence-electron chi connectivity index (χ0n) is 9.77. The van der Waals surface area contributed by atoms with Crippen molar-refractivity contribution in [2.45, 2.75) is 18.9 Å². The second-order valence-corrected chi connectivity index (χ2v) is 6.04. The van der Waals surface area contributed by atoms with Crippen LogP contribution in [0.5, 0.6) is 0 Å². The lowest BCUT2D eigenvalue weighted by molar-refractivity contribution is -0.00176. The van der Waals surface area contributed by atoms with Gasteiger partial charge in [0.25, 0.3) is 0 Å². The molecule has 1 aromatic heterocycles. The predicted molar refractivity (Wildman–Crippen MR) is 73.1 cm³/mol. The Morgan fingerprint density at radius 3 is 3.11 bits per heavy atom. The van der Waals surface area contributed by atoms with Crippen LogP contribution in [0.25, 0.3) is 0 Å². The number of fused-ring (bicyclic) bond motifs is 1. The van der Waals surface area contributed by atoms with Crippen molar-refractivity contribution in [3.8, 4) is 0 Å². The summed E-state index contributed by atoms with van der Waals surface area (Å²) >= 11 is 7.60. The third kappa shape index (κ3) is 2.18. The Bertz CT molecular complexity index is 530. The zero-order valence-corrected chi connectivity index (χ0v) is 11.3. The fraction of sp³-hybridized carbons (Fsp3) is 0.357. The Balaban J connectivity index is 1.90. The van der Waals surface area contributed by atoms with Crippen LogP contribution in [0.4, 0.5) is 0 Å². The van der Waals surface area contributed by atoms with Crippen LogP contribution in [0.2, 0.25) is 0 Å². The molecule has 1 saturated heterocycles. The van der Waals surface area contributed by atoms with Crippen molar-refractivity contribution in [1.82, 2.24) is 0 Å². The molecule has 0 saturated carbocycles. The Morgan fingerprint density at radius 1 is 1.44 bits per heavy atom. The van der Waals surface area contributed by atoms with Gasteiger partial charge in [-0.2, -0.15) is 0 Å². The number of aldehydes is 1. The molecule has 0 bridgehead atoms. The molecule has 0 radical (unpaired) electrons. The average Bonchev–Trinajstić information content (AvgIpc) is 2.86. The third-order valence-electron chi connectivity index (χ3n) is 3.51. The minimum absolute atomic E-state index is 0.0393. The summed E-state index contributed by atoms with van der Waals surface area (Å²) in [6, 6.07) is 1.93. The number of hydrogen-bond donors (Lipinski definition) is 0. The zero-order chi connectivity index (χ0) is 12.5. The molecule has 2 atom stereocenters. The van der Waals surface area contributed by atoms with E-state index in [0.717, 1.165) is 41.2 Å². The van der Waals surface area contributed by atoms with Gasteiger partial charge in [0.15, 0.2) is 6.29 Å². The first-order valence-electron chi connectivity index (χ1n) is 5.98. The number of allylic oxidation sites excluding steroid dienone is 3. The summed E-state index contributed by atoms with van der Waals surface area (Å²) in [5.41, 5.74) is 2.51. The van der Waals surface area contributed by atoms with Gasteiger partial charge in [-0.3, -0.25) is 4.79 Å². The minimum Gasteiger partial charge on any atom is -0.373 e. The van der Waals surface area contributed by atoms with E-state index in [4.69, 9.17) is 16.3 Å². The van der Waals surface area contributed by atoms with Crippen molar-refractivity contribution in [2.24, 2.45) is 5.92 Å². The Morgan fingerprint density at radius 2 is 2.33 bits per heavy atom. The topological polar surface area (TPSA) is 26.3 Å². The number of thiophene rings is 1. The van der Waals surface area contributed by atoms with Crippen LogP contribution in [-0.4, -0.2) is 12.9 Å². The summed E-state index contributed by atoms with van der Waals surface area (Å²) in [6.07, 6.45) is 6.86. The maximum absolute atomic E-state index is 10.8. The average molecular weight is 281 g/mol. The first-order chi connectivity index (χ1) is 8.78. The molecule has 0 N–H and O–H groups in total. The molecule has 0 spiro atoms. The van der Waals surface area contributed by atoms with Gasteiger partial charge in [-0.25, -0.2) is 0 Å². The molecule has 0 amide bonds. The number of halogens is 1. The summed E-state index contributed by atoms with van der Waals surface area (Å²) in [4.78, 5) is 11.5. The summed E-state index contributed by atoms with van der Waals surface area (Å²) in [6.45, 7) is 0.741. The third-order valence-corrected chi connectivity index (χ3v) is 4.66. The van der Waals surface area contributed by atoms with Crippen LogP contribution in [-0.2, 0) is 4.74 Å². The second kappa shape index (κ2) is 5.00. The van der Waals surface area contributed by atoms with Gasteiger partial charge in [0.2, 0.25) is 0 Å². The van der Waals surface area contributed by atoms with Gasteiger partial charge >= 0.3 is 0 Å². The first-order valence-corrected chi connectivity index (χ1v) is 7.24. The van der Waals surface area contributed by atoms with Crippen molar-refractivity contribution in [1.29, 1.82) is 0 Å². The van der Waals surface area contributed by atoms with Gasteiger partial charge in [0, 0.05) is 11.0 Å². The van der Waals surface area contributed by atoms with Crippen molar-refractivity contribution in [2.75, 3.05) is 6.61 Å². The van der Waals surface area contributed by atoms with E-state index in [2.05, 4.69) is 6.08 Å². The predicted octanol–water partition coefficient (Wildman–Crippen LogP) is 4.09. The van der Waals surface area contributed by atoms with Crippen molar-refractivity contribution in [3.63, 3.8) is 0 Å². The maximum Gasteiger partial charge on any atom is 0.160 e. The molecule has 3 rings (SSSR count). The van der Waals surface area contributed by atoms with E-state index in [1.54, 1.807) is 0 Å². The second-order valence-electron chi connectivity index (χ2n) is 4.61. The number of carbonyl (C=O) groups is 1. The van der Waals surface area contributed by atoms with Gasteiger partial charge in [-0.15, -0.1) is 11.3 Å². The smallest absolute Gasteiger partial charge is 0.160 e. The van der Waals surface area contributed by atoms with E-state index in [1.807, 2.05) is 17.5 Å². The molecule has 2 heterocycles. The van der Waals surface area contributed by atoms with Crippen LogP contribution in [0.3, 0.4) is 0 Å². The standard InChI is InChI=1S/C14H13ClO2S/c15-11-2-1-9-3-4-17-14(13(9)6-11)10-5-12(7-16)18-8-10/h1-2,5,7-8,13-14H,3-4,6H2. The van der Waals surface area contributed by atoms with E-state index in [-0.39, 0.29) is 6.10 Å². The van der Waals surface area contributed by atoms with Gasteiger partial charge in [-0.1, -0.05) is 23.3 Å². The molecule has 18 heavy (non-hydrogen) atoms. The molecule has 1 aliphatic heterocycles. The van der Waals surface area contributed by atoms with Crippen molar-refractivity contribution >= 4 is 29.2 Å². The highest BCUT2D eigenvalue weighted by Crippen LogP contribution is 2.44. The Hall–Kier alpha value is -0.900. The van der Waals surface area contributed by atoms with Gasteiger partial charge in [0.1, 0.15) is 0 Å². The monoisotopic (exact) mass is 280 g/mol. The molecule has 4 heteroatoms. The number of rotatable bonds is 2. The van der Waals surface area contributed by atoms with Crippen LogP contribution in [0.15, 0.2) is 34.2 Å². The molecule has 0 aromatic carbocycles. The van der Waals surface area contributed by atoms with Gasteiger partial charge in [-0.05, 0) is 35.9 Å². The largest absolute Gasteiger partial charge is 0.373 e. The first kappa shape index (κ1) is 12.2. The Kier molecular flexibility index (Phi) is 3.37. The molecule has 2 nitrogen and oxygen atoms in total. The number of hydrogen-bond acceptors (Lipinski definition) is 3. The molecule has 1 fully saturated rings. The van der Waals surface area contributed by atoms with Crippen LogP contribution < -0.4 is 0 Å². The number of carbonyl (C=O) groups excluding carboxylic acids is 1. The molecular weight excluding hydrogens is 268 g/mol. The molecule has 2 aliphatic rings.